The molecule has 2 aliphatic rings. The van der Waals surface area contributed by atoms with Crippen LogP contribution in [0.2, 0.25) is 0 Å². The zero-order valence-corrected chi connectivity index (χ0v) is 18.5. The van der Waals surface area contributed by atoms with Gasteiger partial charge in [0.2, 0.25) is 17.8 Å². The van der Waals surface area contributed by atoms with Crippen LogP contribution in [0.4, 0.5) is 5.69 Å². The summed E-state index contributed by atoms with van der Waals surface area (Å²) in [6, 6.07) is 6.74. The first kappa shape index (κ1) is 22.6. The van der Waals surface area contributed by atoms with Crippen LogP contribution < -0.4 is 10.6 Å². The summed E-state index contributed by atoms with van der Waals surface area (Å²) in [4.78, 5) is 36.8. The smallest absolute Gasteiger partial charge is 0.247 e. The van der Waals surface area contributed by atoms with Gasteiger partial charge in [0.25, 0.3) is 0 Å². The minimum Gasteiger partial charge on any atom is -0.390 e. The Bertz CT molecular complexity index is 1080. The van der Waals surface area contributed by atoms with Crippen molar-refractivity contribution in [1.82, 2.24) is 20.1 Å². The number of carbonyl (C=O) groups excluding carboxylic acids is 2. The molecule has 2 amide bonds. The minimum absolute atomic E-state index is 0.0129. The van der Waals surface area contributed by atoms with Gasteiger partial charge in [-0.05, 0) is 56.4 Å². The third-order valence-electron chi connectivity index (χ3n) is 6.11. The molecular weight excluding hydrogens is 422 g/mol. The Kier molecular flexibility index (Phi) is 7.10. The molecule has 1 aromatic carbocycles. The molecule has 1 aromatic heterocycles. The van der Waals surface area contributed by atoms with Crippen LogP contribution in [0.5, 0.6) is 0 Å². The van der Waals surface area contributed by atoms with E-state index in [1.165, 1.54) is 0 Å². The maximum Gasteiger partial charge on any atom is 0.247 e. The van der Waals surface area contributed by atoms with Gasteiger partial charge in [-0.15, -0.1) is 0 Å². The molecule has 0 saturated carbocycles. The maximum absolute atomic E-state index is 13.2. The molecule has 174 valence electrons. The number of hydrogen-bond donors (Lipinski definition) is 4. The zero-order valence-electron chi connectivity index (χ0n) is 18.5. The highest BCUT2D eigenvalue weighted by molar-refractivity contribution is 5.98. The Morgan fingerprint density at radius 3 is 2.76 bits per heavy atom. The lowest BCUT2D eigenvalue weighted by Gasteiger charge is -2.25. The normalized spacial score (nSPS) is 19.5. The molecule has 10 nitrogen and oxygen atoms in total. The van der Waals surface area contributed by atoms with Gasteiger partial charge in [-0.2, -0.15) is 5.26 Å². The number of rotatable bonds is 5. The van der Waals surface area contributed by atoms with E-state index in [1.54, 1.807) is 4.90 Å². The number of likely N-dealkylation sites (tertiary alicyclic amines) is 2. The largest absolute Gasteiger partial charge is 0.390 e. The Morgan fingerprint density at radius 1 is 1.21 bits per heavy atom. The number of aromatic amines is 1. The fourth-order valence-corrected chi connectivity index (χ4v) is 4.39. The molecule has 2 aliphatic heterocycles. The second-order valence-electron chi connectivity index (χ2n) is 8.45. The highest BCUT2D eigenvalue weighted by Gasteiger charge is 2.30. The van der Waals surface area contributed by atoms with Gasteiger partial charge >= 0.3 is 0 Å². The van der Waals surface area contributed by atoms with E-state index in [0.717, 1.165) is 49.7 Å². The monoisotopic (exact) mass is 451 g/mol. The van der Waals surface area contributed by atoms with Crippen molar-refractivity contribution in [3.8, 4) is 6.19 Å². The van der Waals surface area contributed by atoms with Gasteiger partial charge in [0.1, 0.15) is 6.04 Å². The number of nitriles is 1. The number of nitrogens with zero attached hydrogens (tertiary/aromatic N) is 4. The molecule has 4 rings (SSSR count). The molecule has 0 spiro atoms. The van der Waals surface area contributed by atoms with Crippen molar-refractivity contribution in [2.24, 2.45) is 4.99 Å². The highest BCUT2D eigenvalue weighted by Crippen LogP contribution is 2.21. The summed E-state index contributed by atoms with van der Waals surface area (Å²) >= 11 is 0. The van der Waals surface area contributed by atoms with Gasteiger partial charge in [0, 0.05) is 41.9 Å². The average Bonchev–Trinajstić information content (AvgIpc) is 3.46. The molecule has 2 saturated heterocycles. The number of aliphatic imine (C=N–C) groups is 1. The summed E-state index contributed by atoms with van der Waals surface area (Å²) in [6.45, 7) is 2.05. The number of aromatic nitrogens is 1. The predicted octanol–water partition coefficient (Wildman–Crippen LogP) is 1.50. The van der Waals surface area contributed by atoms with E-state index in [-0.39, 0.29) is 30.9 Å². The molecule has 1 unspecified atom stereocenters. The van der Waals surface area contributed by atoms with Crippen molar-refractivity contribution >= 4 is 34.4 Å². The van der Waals surface area contributed by atoms with Crippen LogP contribution in [-0.4, -0.2) is 69.9 Å². The van der Waals surface area contributed by atoms with Gasteiger partial charge in [-0.1, -0.05) is 0 Å². The number of aliphatic hydroxyl groups excluding tert-OH is 1. The molecule has 0 bridgehead atoms. The number of nitrogens with one attached hydrogen (secondary N) is 3. The Morgan fingerprint density at radius 2 is 2.00 bits per heavy atom. The van der Waals surface area contributed by atoms with Crippen LogP contribution in [0.3, 0.4) is 0 Å². The molecule has 4 N–H and O–H groups in total. The fraction of sp³-hybridized carbons (Fsp3) is 0.478. The van der Waals surface area contributed by atoms with Crippen LogP contribution >= 0.6 is 0 Å². The lowest BCUT2D eigenvalue weighted by molar-refractivity contribution is -0.140. The molecule has 0 aliphatic carbocycles. The number of fused-ring (bicyclic) bond motifs is 1. The van der Waals surface area contributed by atoms with Crippen molar-refractivity contribution in [2.45, 2.75) is 44.8 Å². The van der Waals surface area contributed by atoms with Crippen LogP contribution in [0.1, 0.15) is 37.8 Å². The SMILES string of the molecule is N#CNC(=NC1CCCCN(CC(=O)N2CCCC2)C1=O)Nc1ccc2[nH]c(CO)cc2c1. The lowest BCUT2D eigenvalue weighted by Crippen LogP contribution is -2.45. The van der Waals surface area contributed by atoms with E-state index >= 15 is 0 Å². The second kappa shape index (κ2) is 10.4. The van der Waals surface area contributed by atoms with Crippen molar-refractivity contribution in [3.63, 3.8) is 0 Å². The van der Waals surface area contributed by atoms with Crippen molar-refractivity contribution in [2.75, 3.05) is 31.5 Å². The molecular formula is C23H29N7O3. The fourth-order valence-electron chi connectivity index (χ4n) is 4.39. The number of aliphatic hydroxyl groups is 1. The molecule has 2 fully saturated rings. The Balaban J connectivity index is 1.49. The molecule has 0 radical (unpaired) electrons. The van der Waals surface area contributed by atoms with E-state index in [1.807, 2.05) is 35.4 Å². The molecule has 2 aromatic rings. The summed E-state index contributed by atoms with van der Waals surface area (Å²) in [5.74, 6) is -0.0189. The van der Waals surface area contributed by atoms with Gasteiger partial charge in [-0.25, -0.2) is 4.99 Å². The molecule has 1 atom stereocenters. The third-order valence-corrected chi connectivity index (χ3v) is 6.11. The van der Waals surface area contributed by atoms with E-state index in [9.17, 15) is 20.0 Å². The van der Waals surface area contributed by atoms with Gasteiger partial charge in [0.05, 0.1) is 13.2 Å². The van der Waals surface area contributed by atoms with Crippen molar-refractivity contribution in [3.05, 3.63) is 30.0 Å². The summed E-state index contributed by atoms with van der Waals surface area (Å²) < 4.78 is 0. The van der Waals surface area contributed by atoms with Crippen LogP contribution in [0, 0.1) is 11.5 Å². The van der Waals surface area contributed by atoms with Crippen LogP contribution in [-0.2, 0) is 16.2 Å². The van der Waals surface area contributed by atoms with E-state index in [4.69, 9.17) is 0 Å². The summed E-state index contributed by atoms with van der Waals surface area (Å²) in [5.41, 5.74) is 2.28. The Labute approximate surface area is 192 Å². The van der Waals surface area contributed by atoms with Gasteiger partial charge in [-0.3, -0.25) is 14.9 Å². The molecule has 3 heterocycles. The number of H-pyrrole nitrogens is 1. The number of amides is 2. The summed E-state index contributed by atoms with van der Waals surface area (Å²) in [7, 11) is 0. The molecule has 33 heavy (non-hydrogen) atoms. The van der Waals surface area contributed by atoms with Crippen LogP contribution in [0.15, 0.2) is 29.3 Å². The predicted molar refractivity (Wildman–Crippen MR) is 124 cm³/mol. The average molecular weight is 452 g/mol. The quantitative estimate of drug-likeness (QED) is 0.235. The van der Waals surface area contributed by atoms with E-state index in [0.29, 0.717) is 24.3 Å². The first-order chi connectivity index (χ1) is 16.1. The van der Waals surface area contributed by atoms with Gasteiger partial charge in [0.15, 0.2) is 6.19 Å². The number of anilines is 1. The number of hydrogen-bond acceptors (Lipinski definition) is 5. The topological polar surface area (TPSA) is 137 Å². The Hall–Kier alpha value is -3.58. The maximum atomic E-state index is 13.2. The number of guanidine groups is 1. The summed E-state index contributed by atoms with van der Waals surface area (Å²) in [6.07, 6.45) is 6.08. The first-order valence-corrected chi connectivity index (χ1v) is 11.4. The second-order valence-corrected chi connectivity index (χ2v) is 8.45. The van der Waals surface area contributed by atoms with E-state index in [2.05, 4.69) is 20.6 Å². The number of benzene rings is 1. The van der Waals surface area contributed by atoms with Gasteiger partial charge < -0.3 is 25.2 Å². The van der Waals surface area contributed by atoms with E-state index < -0.39 is 6.04 Å². The van der Waals surface area contributed by atoms with Crippen LogP contribution in [0.25, 0.3) is 10.9 Å². The third kappa shape index (κ3) is 5.43. The summed E-state index contributed by atoms with van der Waals surface area (Å²) in [5, 5.41) is 25.0. The number of carbonyl (C=O) groups is 2. The van der Waals surface area contributed by atoms with Crippen molar-refractivity contribution in [1.29, 1.82) is 5.26 Å². The standard InChI is InChI=1S/C23H29N7O3/c24-15-25-23(27-17-6-7-19-16(11-17)12-18(14-31)26-19)28-20-5-1-2-10-30(22(20)33)13-21(32)29-8-3-4-9-29/h6-7,11-12,20,26,31H,1-5,8-10,13-14H2,(H2,25,27,28). The highest BCUT2D eigenvalue weighted by atomic mass is 16.3. The lowest BCUT2D eigenvalue weighted by atomic mass is 10.1. The first-order valence-electron chi connectivity index (χ1n) is 11.4. The van der Waals surface area contributed by atoms with Crippen molar-refractivity contribution < 1.29 is 14.7 Å². The minimum atomic E-state index is -0.667. The zero-order chi connectivity index (χ0) is 23.2. The molecule has 10 heteroatoms.